The van der Waals surface area contributed by atoms with Gasteiger partial charge in [-0.05, 0) is 0 Å². The van der Waals surface area contributed by atoms with Crippen LogP contribution in [0.25, 0.3) is 0 Å². The van der Waals surface area contributed by atoms with Crippen molar-refractivity contribution in [2.24, 2.45) is 0 Å². The second-order valence-electron chi connectivity index (χ2n) is 0.639. The number of hydrogen-bond acceptors (Lipinski definition) is 1. The van der Waals surface area contributed by atoms with Crippen LogP contribution in [0.5, 0.6) is 0 Å². The molecule has 0 atom stereocenters. The molecule has 0 unspecified atom stereocenters. The number of nitrogens with zero attached hydrogens (tertiary/aromatic N) is 1. The molecule has 0 aliphatic rings. The number of aromatic amines is 1. The van der Waals surface area contributed by atoms with Crippen LogP contribution in [0.2, 0.25) is 0 Å². The van der Waals surface area contributed by atoms with Gasteiger partial charge in [-0.3, -0.25) is 0 Å². The summed E-state index contributed by atoms with van der Waals surface area (Å²) < 4.78 is 13.6. The quantitative estimate of drug-likeness (QED) is 0.470. The van der Waals surface area contributed by atoms with Crippen LogP contribution < -0.4 is 0 Å². The second kappa shape index (κ2) is 0.885. The van der Waals surface area contributed by atoms with E-state index >= 15 is 0 Å². The molecular weight excluding hydrogens is 64.0 g/mol. The molecule has 1 N–H and O–H groups in total. The number of hydrogen-bond donors (Lipinski definition) is 1. The molecule has 1 aromatic heterocycles. The average Bonchev–Trinajstić information content (AvgIpc) is 1.91. The Balaban J connectivity index is 3.12. The SMILES string of the molecule is [2H]c1nc[nH]c1[2H]. The smallest absolute Gasteiger partial charge is 0.0919 e. The summed E-state index contributed by atoms with van der Waals surface area (Å²) in [4.78, 5) is 5.88. The lowest BCUT2D eigenvalue weighted by Gasteiger charge is -1.46. The Kier molecular flexibility index (Phi) is 0.199. The van der Waals surface area contributed by atoms with E-state index in [0.717, 1.165) is 0 Å². The second-order valence-corrected chi connectivity index (χ2v) is 0.639. The Bertz CT molecular complexity index is 143. The molecule has 2 heteroatoms. The third kappa shape index (κ3) is 0.265. The van der Waals surface area contributed by atoms with Gasteiger partial charge >= 0.3 is 0 Å². The van der Waals surface area contributed by atoms with Gasteiger partial charge in [-0.2, -0.15) is 0 Å². The predicted octanol–water partition coefficient (Wildman–Crippen LogP) is 0.410. The zero-order chi connectivity index (χ0) is 5.28. The largest absolute Gasteiger partial charge is 0.351 e. The van der Waals surface area contributed by atoms with Crippen molar-refractivity contribution >= 4 is 0 Å². The fourth-order valence-corrected chi connectivity index (χ4v) is 0.161. The first-order valence-electron chi connectivity index (χ1n) is 2.27. The standard InChI is InChI=1S/C3H4N2/c1-2-5-3-4-1/h1-3H,(H,4,5)/i1D,2D. The van der Waals surface area contributed by atoms with E-state index in [1.165, 1.54) is 6.33 Å². The minimum absolute atomic E-state index is 0.000000000000000222. The lowest BCUT2D eigenvalue weighted by Crippen LogP contribution is -1.44. The van der Waals surface area contributed by atoms with Crippen molar-refractivity contribution in [3.63, 3.8) is 0 Å². The summed E-state index contributed by atoms with van der Waals surface area (Å²) in [5, 5.41) is 0. The predicted molar refractivity (Wildman–Crippen MR) is 18.6 cm³/mol. The van der Waals surface area contributed by atoms with Crippen LogP contribution in [-0.4, -0.2) is 9.97 Å². The van der Waals surface area contributed by atoms with Crippen molar-refractivity contribution in [1.29, 1.82) is 0 Å². The first kappa shape index (κ1) is 1.12. The van der Waals surface area contributed by atoms with E-state index < -0.39 is 0 Å². The van der Waals surface area contributed by atoms with Gasteiger partial charge in [0, 0.05) is 12.3 Å². The van der Waals surface area contributed by atoms with Crippen LogP contribution in [-0.2, 0) is 0 Å². The van der Waals surface area contributed by atoms with Crippen LogP contribution in [0.15, 0.2) is 18.7 Å². The molecular formula is C3H4N2. The van der Waals surface area contributed by atoms with Crippen molar-refractivity contribution in [2.75, 3.05) is 0 Å². The molecule has 1 rings (SSSR count). The summed E-state index contributed by atoms with van der Waals surface area (Å²) in [6.45, 7) is 0. The van der Waals surface area contributed by atoms with E-state index in [0.29, 0.717) is 0 Å². The summed E-state index contributed by atoms with van der Waals surface area (Å²) in [5.74, 6) is 0. The van der Waals surface area contributed by atoms with Crippen LogP contribution in [0.3, 0.4) is 0 Å². The molecule has 0 aliphatic carbocycles. The van der Waals surface area contributed by atoms with E-state index in [9.17, 15) is 0 Å². The summed E-state index contributed by atoms with van der Waals surface area (Å²) in [6, 6.07) is 0. The maximum absolute atomic E-state index is 6.79. The van der Waals surface area contributed by atoms with Crippen molar-refractivity contribution in [2.45, 2.75) is 0 Å². The number of aromatic nitrogens is 2. The minimum Gasteiger partial charge on any atom is -0.351 e. The first-order chi connectivity index (χ1) is 3.30. The molecule has 0 aromatic carbocycles. The maximum Gasteiger partial charge on any atom is 0.0919 e. The Morgan fingerprint density at radius 3 is 3.20 bits per heavy atom. The van der Waals surface area contributed by atoms with Gasteiger partial charge in [-0.1, -0.05) is 0 Å². The normalized spacial score (nSPS) is 13.6. The monoisotopic (exact) mass is 70.1 g/mol. The van der Waals surface area contributed by atoms with Gasteiger partial charge < -0.3 is 4.98 Å². The van der Waals surface area contributed by atoms with Gasteiger partial charge in [-0.15, -0.1) is 0 Å². The molecule has 1 heterocycles. The van der Waals surface area contributed by atoms with Crippen molar-refractivity contribution in [3.8, 4) is 0 Å². The molecule has 0 saturated carbocycles. The number of imidazole rings is 1. The van der Waals surface area contributed by atoms with Crippen molar-refractivity contribution in [3.05, 3.63) is 18.7 Å². The topological polar surface area (TPSA) is 28.7 Å². The molecule has 26 valence electrons. The fraction of sp³-hybridized carbons (Fsp3) is 0. The highest BCUT2D eigenvalue weighted by molar-refractivity contribution is 4.64. The number of nitrogens with one attached hydrogen (secondary N) is 1. The Morgan fingerprint density at radius 2 is 3.00 bits per heavy atom. The minimum atomic E-state index is 0.000000000000000222. The highest BCUT2D eigenvalue weighted by Gasteiger charge is 1.56. The van der Waals surface area contributed by atoms with Gasteiger partial charge in [-0.25, -0.2) is 4.98 Å². The average molecular weight is 70.1 g/mol. The Morgan fingerprint density at radius 1 is 2.00 bits per heavy atom. The van der Waals surface area contributed by atoms with Gasteiger partial charge in [0.05, 0.1) is 9.07 Å². The molecule has 0 bridgehead atoms. The molecule has 0 amide bonds. The zero-order valence-corrected chi connectivity index (χ0v) is 2.52. The third-order valence-electron chi connectivity index (χ3n) is 0.322. The van der Waals surface area contributed by atoms with Crippen molar-refractivity contribution < 1.29 is 2.74 Å². The van der Waals surface area contributed by atoms with Crippen LogP contribution in [0.1, 0.15) is 2.74 Å². The lowest BCUT2D eigenvalue weighted by molar-refractivity contribution is 1.31. The van der Waals surface area contributed by atoms with Gasteiger partial charge in [0.2, 0.25) is 0 Å². The van der Waals surface area contributed by atoms with Crippen LogP contribution in [0, 0.1) is 0 Å². The van der Waals surface area contributed by atoms with Gasteiger partial charge in [0.25, 0.3) is 0 Å². The molecule has 5 heavy (non-hydrogen) atoms. The van der Waals surface area contributed by atoms with Crippen molar-refractivity contribution in [1.82, 2.24) is 9.97 Å². The summed E-state index contributed by atoms with van der Waals surface area (Å²) in [6.07, 6.45) is 1.39. The lowest BCUT2D eigenvalue weighted by atomic mass is 11.0. The Labute approximate surface area is 32.7 Å². The molecule has 0 aliphatic heterocycles. The number of rotatable bonds is 0. The first-order valence-corrected chi connectivity index (χ1v) is 1.27. The summed E-state index contributed by atoms with van der Waals surface area (Å²) >= 11 is 0. The molecule has 0 spiro atoms. The van der Waals surface area contributed by atoms with Gasteiger partial charge in [0.15, 0.2) is 0 Å². The Hall–Kier alpha value is -0.790. The fourth-order valence-electron chi connectivity index (χ4n) is 0.161. The van der Waals surface area contributed by atoms with Crippen LogP contribution >= 0.6 is 0 Å². The molecule has 0 saturated heterocycles. The van der Waals surface area contributed by atoms with E-state index in [4.69, 9.17) is 2.74 Å². The maximum atomic E-state index is 6.79. The van der Waals surface area contributed by atoms with Gasteiger partial charge in [0.1, 0.15) is 0 Å². The van der Waals surface area contributed by atoms with E-state index in [1.54, 1.807) is 0 Å². The van der Waals surface area contributed by atoms with E-state index in [1.807, 2.05) is 0 Å². The number of H-pyrrole nitrogens is 1. The molecule has 0 radical (unpaired) electrons. The summed E-state index contributed by atoms with van der Waals surface area (Å²) in [7, 11) is 0. The third-order valence-corrected chi connectivity index (χ3v) is 0.322. The summed E-state index contributed by atoms with van der Waals surface area (Å²) in [5.41, 5.74) is 0. The molecule has 1 aromatic rings. The van der Waals surface area contributed by atoms with E-state index in [2.05, 4.69) is 9.97 Å². The van der Waals surface area contributed by atoms with E-state index in [-0.39, 0.29) is 12.3 Å². The molecule has 2 nitrogen and oxygen atoms in total. The zero-order valence-electron chi connectivity index (χ0n) is 4.52. The van der Waals surface area contributed by atoms with Crippen LogP contribution in [0.4, 0.5) is 0 Å². The highest BCUT2D eigenvalue weighted by Crippen LogP contribution is 1.62. The molecule has 0 fully saturated rings. The highest BCUT2D eigenvalue weighted by atomic mass is 14.8.